The zero-order valence-electron chi connectivity index (χ0n) is 15.1. The van der Waals surface area contributed by atoms with Crippen molar-refractivity contribution in [3.63, 3.8) is 0 Å². The van der Waals surface area contributed by atoms with Crippen LogP contribution in [0.4, 0.5) is 10.5 Å². The number of halogens is 1. The number of urea groups is 1. The molecule has 2 aromatic rings. The van der Waals surface area contributed by atoms with E-state index in [2.05, 4.69) is 10.6 Å². The van der Waals surface area contributed by atoms with Gasteiger partial charge in [-0.1, -0.05) is 35.9 Å². The predicted octanol–water partition coefficient (Wildman–Crippen LogP) is 2.68. The first-order valence-corrected chi connectivity index (χ1v) is 9.18. The van der Waals surface area contributed by atoms with E-state index in [1.807, 2.05) is 24.3 Å². The van der Waals surface area contributed by atoms with E-state index in [0.29, 0.717) is 29.3 Å². The van der Waals surface area contributed by atoms with Crippen molar-refractivity contribution in [2.75, 3.05) is 19.0 Å². The fourth-order valence-electron chi connectivity index (χ4n) is 3.82. The first kappa shape index (κ1) is 18.3. The molecule has 1 unspecified atom stereocenters. The number of carbonyl (C=O) groups is 3. The van der Waals surface area contributed by atoms with E-state index >= 15 is 0 Å². The zero-order chi connectivity index (χ0) is 19.9. The van der Waals surface area contributed by atoms with Gasteiger partial charge in [0.05, 0.1) is 12.1 Å². The molecule has 4 rings (SSSR count). The van der Waals surface area contributed by atoms with Crippen molar-refractivity contribution in [1.82, 2.24) is 10.2 Å². The van der Waals surface area contributed by atoms with Crippen molar-refractivity contribution in [2.24, 2.45) is 0 Å². The molecule has 28 heavy (non-hydrogen) atoms. The number of methoxy groups -OCH3 is 1. The van der Waals surface area contributed by atoms with Crippen LogP contribution in [0.3, 0.4) is 0 Å². The lowest BCUT2D eigenvalue weighted by atomic mass is 9.92. The van der Waals surface area contributed by atoms with Crippen LogP contribution in [-0.2, 0) is 21.5 Å². The lowest BCUT2D eigenvalue weighted by molar-refractivity contribution is -0.134. The largest absolute Gasteiger partial charge is 0.495 e. The lowest BCUT2D eigenvalue weighted by Gasteiger charge is -2.22. The second kappa shape index (κ2) is 6.83. The molecular formula is C20H18ClN3O4. The van der Waals surface area contributed by atoms with E-state index in [-0.39, 0.29) is 6.54 Å². The molecule has 2 aromatic carbocycles. The number of carbonyl (C=O) groups excluding carboxylic acids is 3. The number of imide groups is 1. The van der Waals surface area contributed by atoms with Crippen LogP contribution in [0.15, 0.2) is 42.5 Å². The third kappa shape index (κ3) is 2.88. The minimum absolute atomic E-state index is 0.344. The standard InChI is InChI=1S/C20H18ClN3O4/c1-28-16-7-6-13(10-15(16)21)22-17(25)11-24-18(26)20(23-19(24)27)9-8-12-4-2-3-5-14(12)20/h2-7,10H,8-9,11H2,1H3,(H,22,25)(H,23,27). The van der Waals surface area contributed by atoms with Gasteiger partial charge in [-0.15, -0.1) is 0 Å². The predicted molar refractivity (Wildman–Crippen MR) is 103 cm³/mol. The number of fused-ring (bicyclic) bond motifs is 2. The molecule has 1 spiro atoms. The summed E-state index contributed by atoms with van der Waals surface area (Å²) in [5.41, 5.74) is 1.22. The highest BCUT2D eigenvalue weighted by molar-refractivity contribution is 6.32. The van der Waals surface area contributed by atoms with E-state index < -0.39 is 23.4 Å². The summed E-state index contributed by atoms with van der Waals surface area (Å²) in [6.07, 6.45) is 1.19. The topological polar surface area (TPSA) is 87.7 Å². The van der Waals surface area contributed by atoms with Crippen LogP contribution in [0, 0.1) is 0 Å². The highest BCUT2D eigenvalue weighted by Crippen LogP contribution is 2.41. The quantitative estimate of drug-likeness (QED) is 0.774. The van der Waals surface area contributed by atoms with Crippen LogP contribution in [0.25, 0.3) is 0 Å². The summed E-state index contributed by atoms with van der Waals surface area (Å²) in [5, 5.41) is 5.79. The number of anilines is 1. The van der Waals surface area contributed by atoms with Gasteiger partial charge in [0.15, 0.2) is 0 Å². The molecule has 1 fully saturated rings. The van der Waals surface area contributed by atoms with Crippen LogP contribution in [-0.4, -0.2) is 36.4 Å². The minimum Gasteiger partial charge on any atom is -0.495 e. The second-order valence-corrected chi connectivity index (χ2v) is 7.19. The first-order chi connectivity index (χ1) is 13.4. The second-order valence-electron chi connectivity index (χ2n) is 6.78. The number of hydrogen-bond acceptors (Lipinski definition) is 4. The monoisotopic (exact) mass is 399 g/mol. The Morgan fingerprint density at radius 3 is 2.82 bits per heavy atom. The fourth-order valence-corrected chi connectivity index (χ4v) is 4.08. The van der Waals surface area contributed by atoms with Crippen molar-refractivity contribution < 1.29 is 19.1 Å². The van der Waals surface area contributed by atoms with Crippen LogP contribution in [0.2, 0.25) is 5.02 Å². The molecule has 1 atom stereocenters. The fraction of sp³-hybridized carbons (Fsp3) is 0.250. The van der Waals surface area contributed by atoms with Crippen molar-refractivity contribution >= 4 is 35.1 Å². The molecule has 1 aliphatic heterocycles. The van der Waals surface area contributed by atoms with Gasteiger partial charge in [-0.3, -0.25) is 14.5 Å². The van der Waals surface area contributed by atoms with Gasteiger partial charge in [-0.2, -0.15) is 0 Å². The van der Waals surface area contributed by atoms with Crippen molar-refractivity contribution in [3.8, 4) is 5.75 Å². The SMILES string of the molecule is COc1ccc(NC(=O)CN2C(=O)NC3(CCc4ccccc43)C2=O)cc1Cl. The maximum Gasteiger partial charge on any atom is 0.325 e. The molecular weight excluding hydrogens is 382 g/mol. The Morgan fingerprint density at radius 2 is 2.07 bits per heavy atom. The summed E-state index contributed by atoms with van der Waals surface area (Å²) in [6, 6.07) is 11.8. The summed E-state index contributed by atoms with van der Waals surface area (Å²) in [7, 11) is 1.49. The third-order valence-corrected chi connectivity index (χ3v) is 5.45. The molecule has 0 radical (unpaired) electrons. The summed E-state index contributed by atoms with van der Waals surface area (Å²) in [6.45, 7) is -0.377. The molecule has 4 amide bonds. The molecule has 0 bridgehead atoms. The van der Waals surface area contributed by atoms with Crippen LogP contribution < -0.4 is 15.4 Å². The Labute approximate surface area is 166 Å². The van der Waals surface area contributed by atoms with E-state index in [9.17, 15) is 14.4 Å². The Morgan fingerprint density at radius 1 is 1.29 bits per heavy atom. The van der Waals surface area contributed by atoms with Gasteiger partial charge < -0.3 is 15.4 Å². The van der Waals surface area contributed by atoms with Gasteiger partial charge in [-0.25, -0.2) is 4.79 Å². The maximum absolute atomic E-state index is 13.1. The first-order valence-electron chi connectivity index (χ1n) is 8.80. The van der Waals surface area contributed by atoms with Crippen molar-refractivity contribution in [2.45, 2.75) is 18.4 Å². The number of rotatable bonds is 4. The summed E-state index contributed by atoms with van der Waals surface area (Å²) >= 11 is 6.05. The van der Waals surface area contributed by atoms with Crippen LogP contribution >= 0.6 is 11.6 Å². The molecule has 0 saturated carbocycles. The minimum atomic E-state index is -1.07. The van der Waals surface area contributed by atoms with Crippen LogP contribution in [0.1, 0.15) is 17.5 Å². The number of ether oxygens (including phenoxy) is 1. The molecule has 2 N–H and O–H groups in total. The summed E-state index contributed by atoms with van der Waals surface area (Å²) in [5.74, 6) is -0.408. The molecule has 2 aliphatic rings. The average Bonchev–Trinajstić information content (AvgIpc) is 3.16. The van der Waals surface area contributed by atoms with Gasteiger partial charge >= 0.3 is 6.03 Å². The number of aryl methyl sites for hydroxylation is 1. The average molecular weight is 400 g/mol. The Bertz CT molecular complexity index is 993. The van der Waals surface area contributed by atoms with Crippen LogP contribution in [0.5, 0.6) is 5.75 Å². The van der Waals surface area contributed by atoms with Gasteiger partial charge in [0.1, 0.15) is 17.8 Å². The van der Waals surface area contributed by atoms with Gasteiger partial charge in [0.2, 0.25) is 5.91 Å². The summed E-state index contributed by atoms with van der Waals surface area (Å²) < 4.78 is 5.07. The molecule has 0 aromatic heterocycles. The molecule has 1 saturated heterocycles. The van der Waals surface area contributed by atoms with Gasteiger partial charge in [0.25, 0.3) is 5.91 Å². The van der Waals surface area contributed by atoms with E-state index in [1.165, 1.54) is 7.11 Å². The smallest absolute Gasteiger partial charge is 0.325 e. The number of nitrogens with one attached hydrogen (secondary N) is 2. The Balaban J connectivity index is 1.50. The third-order valence-electron chi connectivity index (χ3n) is 5.16. The normalized spacial score (nSPS) is 20.3. The Hall–Kier alpha value is -3.06. The molecule has 1 aliphatic carbocycles. The number of hydrogen-bond donors (Lipinski definition) is 2. The lowest BCUT2D eigenvalue weighted by Crippen LogP contribution is -2.42. The molecule has 144 valence electrons. The maximum atomic E-state index is 13.1. The number of benzene rings is 2. The van der Waals surface area contributed by atoms with Gasteiger partial charge in [-0.05, 0) is 42.2 Å². The number of nitrogens with zero attached hydrogens (tertiary/aromatic N) is 1. The highest BCUT2D eigenvalue weighted by Gasteiger charge is 2.55. The van der Waals surface area contributed by atoms with Crippen molar-refractivity contribution in [1.29, 1.82) is 0 Å². The van der Waals surface area contributed by atoms with E-state index in [1.54, 1.807) is 18.2 Å². The number of amides is 4. The van der Waals surface area contributed by atoms with Crippen molar-refractivity contribution in [3.05, 3.63) is 58.6 Å². The van der Waals surface area contributed by atoms with E-state index in [0.717, 1.165) is 16.0 Å². The van der Waals surface area contributed by atoms with Gasteiger partial charge in [0, 0.05) is 5.69 Å². The van der Waals surface area contributed by atoms with E-state index in [4.69, 9.17) is 16.3 Å². The molecule has 8 heteroatoms. The molecule has 1 heterocycles. The molecule has 7 nitrogen and oxygen atoms in total. The highest BCUT2D eigenvalue weighted by atomic mass is 35.5. The Kier molecular flexibility index (Phi) is 4.47. The summed E-state index contributed by atoms with van der Waals surface area (Å²) in [4.78, 5) is 38.9. The zero-order valence-corrected chi connectivity index (χ0v) is 15.9.